The Morgan fingerprint density at radius 3 is 2.59 bits per heavy atom. The molecule has 2 amide bonds. The van der Waals surface area contributed by atoms with Crippen LogP contribution in [0, 0.1) is 13.8 Å². The number of urea groups is 1. The summed E-state index contributed by atoms with van der Waals surface area (Å²) >= 11 is 6.18. The summed E-state index contributed by atoms with van der Waals surface area (Å²) in [5.41, 5.74) is 7.43. The first kappa shape index (κ1) is 23.7. The highest BCUT2D eigenvalue weighted by Crippen LogP contribution is 2.34. The normalized spacial score (nSPS) is 15.9. The summed E-state index contributed by atoms with van der Waals surface area (Å²) in [5.74, 6) is 1.80. The van der Waals surface area contributed by atoms with Crippen molar-refractivity contribution in [3.8, 4) is 16.9 Å². The van der Waals surface area contributed by atoms with E-state index in [2.05, 4.69) is 52.1 Å². The van der Waals surface area contributed by atoms with Crippen molar-refractivity contribution >= 4 is 34.4 Å². The number of hydrogen-bond donors (Lipinski definition) is 1. The summed E-state index contributed by atoms with van der Waals surface area (Å²) in [5, 5.41) is 0.730. The number of ether oxygens (including phenoxy) is 1. The number of nitrogens with one attached hydrogen (secondary N) is 1. The summed E-state index contributed by atoms with van der Waals surface area (Å²) in [6, 6.07) is 18.6. The van der Waals surface area contributed by atoms with Crippen molar-refractivity contribution in [2.75, 3.05) is 44.2 Å². The van der Waals surface area contributed by atoms with Crippen molar-refractivity contribution in [2.45, 2.75) is 20.4 Å². The molecule has 1 fully saturated rings. The number of aromatic amines is 1. The Hall–Kier alpha value is -3.71. The molecule has 2 aliphatic heterocycles. The summed E-state index contributed by atoms with van der Waals surface area (Å²) in [4.78, 5) is 27.5. The lowest BCUT2D eigenvalue weighted by molar-refractivity contribution is 0.143. The molecule has 2 aliphatic rings. The fourth-order valence-corrected chi connectivity index (χ4v) is 5.57. The molecule has 1 N–H and O–H groups in total. The maximum absolute atomic E-state index is 13.5. The Balaban J connectivity index is 1.20. The molecule has 0 atom stereocenters. The van der Waals surface area contributed by atoms with Crippen LogP contribution in [0.2, 0.25) is 5.02 Å². The minimum absolute atomic E-state index is 0.0691. The Bertz CT molecular complexity index is 1470. The Labute approximate surface area is 221 Å². The van der Waals surface area contributed by atoms with Crippen LogP contribution < -0.4 is 9.64 Å². The van der Waals surface area contributed by atoms with Gasteiger partial charge in [0.25, 0.3) is 0 Å². The number of carbonyl (C=O) groups is 1. The van der Waals surface area contributed by atoms with Crippen LogP contribution in [-0.2, 0) is 6.54 Å². The van der Waals surface area contributed by atoms with Crippen LogP contribution in [0.5, 0.6) is 5.75 Å². The summed E-state index contributed by atoms with van der Waals surface area (Å²) in [6.45, 7) is 8.55. The standard InChI is InChI=1S/C29H30ClN5O2/c1-19-14-22(21-6-7-26-27(16-21)32-20(2)31-26)15-23-18-35(12-13-37-28(19)23)29(36)34-10-8-33(9-11-34)25-5-3-4-24(30)17-25/h3-7,14-17H,8-13,18H2,1-2H3,(H,31,32). The lowest BCUT2D eigenvalue weighted by atomic mass is 9.98. The first-order valence-electron chi connectivity index (χ1n) is 12.7. The second kappa shape index (κ2) is 9.63. The monoisotopic (exact) mass is 515 g/mol. The zero-order valence-electron chi connectivity index (χ0n) is 21.1. The number of rotatable bonds is 2. The highest BCUT2D eigenvalue weighted by Gasteiger charge is 2.28. The fraction of sp³-hybridized carbons (Fsp3) is 0.310. The lowest BCUT2D eigenvalue weighted by Gasteiger charge is -2.38. The van der Waals surface area contributed by atoms with Crippen molar-refractivity contribution in [3.63, 3.8) is 0 Å². The third-order valence-electron chi connectivity index (χ3n) is 7.25. The molecule has 37 heavy (non-hydrogen) atoms. The van der Waals surface area contributed by atoms with Crippen LogP contribution in [0.3, 0.4) is 0 Å². The first-order chi connectivity index (χ1) is 17.9. The predicted molar refractivity (Wildman–Crippen MR) is 148 cm³/mol. The molecule has 0 saturated carbocycles. The largest absolute Gasteiger partial charge is 0.491 e. The predicted octanol–water partition coefficient (Wildman–Crippen LogP) is 5.64. The van der Waals surface area contributed by atoms with Gasteiger partial charge in [-0.05, 0) is 73.0 Å². The second-order valence-electron chi connectivity index (χ2n) is 9.84. The zero-order valence-corrected chi connectivity index (χ0v) is 21.9. The molecule has 6 rings (SSSR count). The number of H-pyrrole nitrogens is 1. The molecule has 1 saturated heterocycles. The number of imidazole rings is 1. The van der Waals surface area contributed by atoms with Gasteiger partial charge in [0.2, 0.25) is 0 Å². The second-order valence-corrected chi connectivity index (χ2v) is 10.3. The fourth-order valence-electron chi connectivity index (χ4n) is 5.39. The molecule has 0 spiro atoms. The van der Waals surface area contributed by atoms with Gasteiger partial charge in [-0.1, -0.05) is 23.7 Å². The van der Waals surface area contributed by atoms with E-state index in [1.807, 2.05) is 41.0 Å². The first-order valence-corrected chi connectivity index (χ1v) is 13.1. The van der Waals surface area contributed by atoms with E-state index in [9.17, 15) is 4.79 Å². The molecule has 3 heterocycles. The number of aromatic nitrogens is 2. The number of anilines is 1. The smallest absolute Gasteiger partial charge is 0.320 e. The maximum Gasteiger partial charge on any atom is 0.320 e. The number of aryl methyl sites for hydroxylation is 2. The Morgan fingerprint density at radius 1 is 0.946 bits per heavy atom. The van der Waals surface area contributed by atoms with Crippen molar-refractivity contribution in [3.05, 3.63) is 76.6 Å². The number of benzene rings is 3. The van der Waals surface area contributed by atoms with Gasteiger partial charge in [-0.25, -0.2) is 9.78 Å². The molecule has 3 aromatic carbocycles. The van der Waals surface area contributed by atoms with Crippen LogP contribution in [-0.4, -0.2) is 65.1 Å². The minimum atomic E-state index is 0.0691. The number of hydrogen-bond acceptors (Lipinski definition) is 4. The number of piperazine rings is 1. The maximum atomic E-state index is 13.5. The van der Waals surface area contributed by atoms with Crippen LogP contribution in [0.15, 0.2) is 54.6 Å². The van der Waals surface area contributed by atoms with Crippen molar-refractivity contribution in [2.24, 2.45) is 0 Å². The van der Waals surface area contributed by atoms with E-state index in [0.717, 1.165) is 68.7 Å². The van der Waals surface area contributed by atoms with Crippen LogP contribution >= 0.6 is 11.6 Å². The van der Waals surface area contributed by atoms with Crippen molar-refractivity contribution in [1.29, 1.82) is 0 Å². The molecular formula is C29H30ClN5O2. The Morgan fingerprint density at radius 2 is 1.78 bits per heavy atom. The molecule has 7 nitrogen and oxygen atoms in total. The molecule has 190 valence electrons. The van der Waals surface area contributed by atoms with Gasteiger partial charge in [-0.2, -0.15) is 0 Å². The van der Waals surface area contributed by atoms with Gasteiger partial charge in [0.05, 0.1) is 24.1 Å². The van der Waals surface area contributed by atoms with Gasteiger partial charge >= 0.3 is 6.03 Å². The topological polar surface area (TPSA) is 64.7 Å². The molecule has 0 unspecified atom stereocenters. The number of halogens is 1. The van der Waals surface area contributed by atoms with Crippen LogP contribution in [0.1, 0.15) is 17.0 Å². The van der Waals surface area contributed by atoms with Crippen LogP contribution in [0.25, 0.3) is 22.2 Å². The van der Waals surface area contributed by atoms with Gasteiger partial charge in [0, 0.05) is 42.5 Å². The van der Waals surface area contributed by atoms with E-state index in [-0.39, 0.29) is 6.03 Å². The van der Waals surface area contributed by atoms with E-state index in [4.69, 9.17) is 16.3 Å². The van der Waals surface area contributed by atoms with Gasteiger partial charge in [-0.3, -0.25) is 0 Å². The number of amides is 2. The average molecular weight is 516 g/mol. The highest BCUT2D eigenvalue weighted by atomic mass is 35.5. The Kier molecular flexibility index (Phi) is 6.16. The van der Waals surface area contributed by atoms with Gasteiger partial charge < -0.3 is 24.4 Å². The molecule has 0 radical (unpaired) electrons. The van der Waals surface area contributed by atoms with E-state index in [0.29, 0.717) is 32.8 Å². The summed E-state index contributed by atoms with van der Waals surface area (Å²) in [6.07, 6.45) is 0. The third-order valence-corrected chi connectivity index (χ3v) is 7.48. The quantitative estimate of drug-likeness (QED) is 0.375. The summed E-state index contributed by atoms with van der Waals surface area (Å²) < 4.78 is 6.15. The summed E-state index contributed by atoms with van der Waals surface area (Å²) in [7, 11) is 0. The van der Waals surface area contributed by atoms with Crippen molar-refractivity contribution < 1.29 is 9.53 Å². The van der Waals surface area contributed by atoms with Crippen molar-refractivity contribution in [1.82, 2.24) is 19.8 Å². The molecule has 8 heteroatoms. The zero-order chi connectivity index (χ0) is 25.5. The molecule has 0 aliphatic carbocycles. The van der Waals surface area contributed by atoms with Gasteiger partial charge in [-0.15, -0.1) is 0 Å². The molecular weight excluding hydrogens is 486 g/mol. The van der Waals surface area contributed by atoms with Crippen LogP contribution in [0.4, 0.5) is 10.5 Å². The van der Waals surface area contributed by atoms with Gasteiger partial charge in [0.15, 0.2) is 0 Å². The third kappa shape index (κ3) is 4.71. The molecule has 4 aromatic rings. The SMILES string of the molecule is Cc1nc2ccc(-c3cc(C)c4c(c3)CN(C(=O)N3CCN(c5cccc(Cl)c5)CC3)CCO4)cc2[nH]1. The highest BCUT2D eigenvalue weighted by molar-refractivity contribution is 6.30. The number of fused-ring (bicyclic) bond motifs is 2. The molecule has 1 aromatic heterocycles. The number of nitrogens with zero attached hydrogens (tertiary/aromatic N) is 4. The van der Waals surface area contributed by atoms with E-state index in [1.165, 1.54) is 0 Å². The minimum Gasteiger partial charge on any atom is -0.491 e. The van der Waals surface area contributed by atoms with E-state index in [1.54, 1.807) is 0 Å². The number of carbonyl (C=O) groups excluding carboxylic acids is 1. The lowest BCUT2D eigenvalue weighted by Crippen LogP contribution is -2.53. The average Bonchev–Trinajstić information content (AvgIpc) is 3.13. The molecule has 0 bridgehead atoms. The van der Waals surface area contributed by atoms with E-state index >= 15 is 0 Å². The van der Waals surface area contributed by atoms with Gasteiger partial charge in [0.1, 0.15) is 18.2 Å². The van der Waals surface area contributed by atoms with E-state index < -0.39 is 0 Å².